The van der Waals surface area contributed by atoms with E-state index in [2.05, 4.69) is 17.6 Å². The molecule has 0 aliphatic carbocycles. The van der Waals surface area contributed by atoms with Gasteiger partial charge in [-0.15, -0.1) is 0 Å². The van der Waals surface area contributed by atoms with Crippen molar-refractivity contribution in [2.24, 2.45) is 5.41 Å². The molecule has 6 heteroatoms. The van der Waals surface area contributed by atoms with Gasteiger partial charge in [0.15, 0.2) is 0 Å². The van der Waals surface area contributed by atoms with E-state index in [4.69, 9.17) is 0 Å². The maximum absolute atomic E-state index is 12.4. The Morgan fingerprint density at radius 2 is 1.86 bits per heavy atom. The van der Waals surface area contributed by atoms with Gasteiger partial charge in [-0.05, 0) is 43.5 Å². The molecule has 2 N–H and O–H groups in total. The molecule has 5 nitrogen and oxygen atoms in total. The molecule has 1 saturated heterocycles. The summed E-state index contributed by atoms with van der Waals surface area (Å²) in [7, 11) is -0.310. The van der Waals surface area contributed by atoms with Crippen LogP contribution < -0.4 is 10.6 Å². The molecule has 0 saturated carbocycles. The highest BCUT2D eigenvalue weighted by atomic mass is 32.2. The van der Waals surface area contributed by atoms with Crippen LogP contribution in [-0.4, -0.2) is 46.5 Å². The van der Waals surface area contributed by atoms with Gasteiger partial charge in [0.2, 0.25) is 10.0 Å². The third-order valence-corrected chi connectivity index (χ3v) is 6.04. The lowest BCUT2D eigenvalue weighted by Gasteiger charge is -2.34. The van der Waals surface area contributed by atoms with Crippen molar-refractivity contribution < 1.29 is 8.42 Å². The van der Waals surface area contributed by atoms with Gasteiger partial charge in [0.05, 0.1) is 5.69 Å². The van der Waals surface area contributed by atoms with Crippen LogP contribution in [0.5, 0.6) is 0 Å². The van der Waals surface area contributed by atoms with Gasteiger partial charge in [0.1, 0.15) is 4.90 Å². The largest absolute Gasteiger partial charge is 0.383 e. The second-order valence-corrected chi connectivity index (χ2v) is 8.32. The number of piperidine rings is 1. The van der Waals surface area contributed by atoms with Crippen molar-refractivity contribution in [1.82, 2.24) is 9.62 Å². The Balaban J connectivity index is 2.18. The molecular formula is C15H25N3O2S. The van der Waals surface area contributed by atoms with E-state index in [0.717, 1.165) is 32.5 Å². The Morgan fingerprint density at radius 3 is 2.48 bits per heavy atom. The zero-order valence-electron chi connectivity index (χ0n) is 13.0. The highest BCUT2D eigenvalue weighted by Gasteiger charge is 2.27. The molecule has 0 radical (unpaired) electrons. The van der Waals surface area contributed by atoms with E-state index in [0.29, 0.717) is 10.6 Å². The minimum atomic E-state index is -3.42. The second-order valence-electron chi connectivity index (χ2n) is 6.20. The SMILES string of the molecule is CN(C)S(=O)(=O)c1ccccc1NCC1(C)CCNCC1. The van der Waals surface area contributed by atoms with Crippen LogP contribution in [0.25, 0.3) is 0 Å². The summed E-state index contributed by atoms with van der Waals surface area (Å²) in [6.07, 6.45) is 2.20. The molecule has 21 heavy (non-hydrogen) atoms. The highest BCUT2D eigenvalue weighted by molar-refractivity contribution is 7.89. The normalized spacial score (nSPS) is 18.7. The predicted molar refractivity (Wildman–Crippen MR) is 86.0 cm³/mol. The maximum Gasteiger partial charge on any atom is 0.244 e. The number of para-hydroxylation sites is 1. The van der Waals surface area contributed by atoms with Gasteiger partial charge in [0, 0.05) is 20.6 Å². The summed E-state index contributed by atoms with van der Waals surface area (Å²) in [6, 6.07) is 7.11. The average Bonchev–Trinajstić information content (AvgIpc) is 2.46. The molecule has 0 bridgehead atoms. The number of nitrogens with zero attached hydrogens (tertiary/aromatic N) is 1. The lowest BCUT2D eigenvalue weighted by molar-refractivity contribution is 0.247. The van der Waals surface area contributed by atoms with Crippen molar-refractivity contribution in [1.29, 1.82) is 0 Å². The van der Waals surface area contributed by atoms with E-state index in [1.165, 1.54) is 4.31 Å². The molecule has 0 amide bonds. The third-order valence-electron chi connectivity index (χ3n) is 4.16. The van der Waals surface area contributed by atoms with Crippen LogP contribution in [0, 0.1) is 5.41 Å². The smallest absolute Gasteiger partial charge is 0.244 e. The van der Waals surface area contributed by atoms with Crippen LogP contribution in [0.3, 0.4) is 0 Å². The highest BCUT2D eigenvalue weighted by Crippen LogP contribution is 2.30. The van der Waals surface area contributed by atoms with Crippen molar-refractivity contribution >= 4 is 15.7 Å². The number of rotatable bonds is 5. The van der Waals surface area contributed by atoms with Crippen LogP contribution >= 0.6 is 0 Å². The minimum absolute atomic E-state index is 0.209. The molecule has 0 spiro atoms. The second kappa shape index (κ2) is 6.34. The number of benzene rings is 1. The van der Waals surface area contributed by atoms with Crippen LogP contribution in [-0.2, 0) is 10.0 Å². The summed E-state index contributed by atoms with van der Waals surface area (Å²) in [5.41, 5.74) is 0.895. The number of nitrogens with one attached hydrogen (secondary N) is 2. The summed E-state index contributed by atoms with van der Waals surface area (Å²) in [4.78, 5) is 0.340. The minimum Gasteiger partial charge on any atom is -0.383 e. The summed E-state index contributed by atoms with van der Waals surface area (Å²) in [5.74, 6) is 0. The van der Waals surface area contributed by atoms with Crippen molar-refractivity contribution in [3.63, 3.8) is 0 Å². The first-order chi connectivity index (χ1) is 9.85. The third kappa shape index (κ3) is 3.75. The number of sulfonamides is 1. The van der Waals surface area contributed by atoms with Crippen LogP contribution in [0.15, 0.2) is 29.2 Å². The van der Waals surface area contributed by atoms with Gasteiger partial charge in [-0.3, -0.25) is 0 Å². The number of hydrogen-bond acceptors (Lipinski definition) is 4. The first kappa shape index (κ1) is 16.3. The first-order valence-corrected chi connectivity index (χ1v) is 8.75. The molecule has 1 heterocycles. The quantitative estimate of drug-likeness (QED) is 0.869. The van der Waals surface area contributed by atoms with Crippen molar-refractivity contribution in [3.8, 4) is 0 Å². The van der Waals surface area contributed by atoms with Gasteiger partial charge in [-0.25, -0.2) is 12.7 Å². The monoisotopic (exact) mass is 311 g/mol. The first-order valence-electron chi connectivity index (χ1n) is 7.31. The van der Waals surface area contributed by atoms with Crippen molar-refractivity contribution in [2.75, 3.05) is 39.0 Å². The predicted octanol–water partition coefficient (Wildman–Crippen LogP) is 1.74. The number of hydrogen-bond donors (Lipinski definition) is 2. The molecule has 0 atom stereocenters. The Kier molecular flexibility index (Phi) is 4.91. The summed E-state index contributed by atoms with van der Waals surface area (Å²) >= 11 is 0. The van der Waals surface area contributed by atoms with Gasteiger partial charge < -0.3 is 10.6 Å². The molecule has 2 rings (SSSR count). The molecule has 0 unspecified atom stereocenters. The topological polar surface area (TPSA) is 61.4 Å². The molecule has 1 aromatic rings. The summed E-state index contributed by atoms with van der Waals surface area (Å²) in [5, 5.41) is 6.71. The van der Waals surface area contributed by atoms with Crippen LogP contribution in [0.2, 0.25) is 0 Å². The zero-order chi connectivity index (χ0) is 15.5. The molecule has 1 aliphatic rings. The standard InChI is InChI=1S/C15H25N3O2S/c1-15(8-10-16-11-9-15)12-17-13-6-4-5-7-14(13)21(19,20)18(2)3/h4-7,16-17H,8-12H2,1-3H3. The van der Waals surface area contributed by atoms with E-state index in [1.54, 1.807) is 26.2 Å². The van der Waals surface area contributed by atoms with E-state index < -0.39 is 10.0 Å². The van der Waals surface area contributed by atoms with Crippen LogP contribution in [0.4, 0.5) is 5.69 Å². The lowest BCUT2D eigenvalue weighted by Crippen LogP contribution is -2.39. The summed E-state index contributed by atoms with van der Waals surface area (Å²) < 4.78 is 26.0. The Hall–Kier alpha value is -1.11. The molecule has 1 aromatic carbocycles. The maximum atomic E-state index is 12.4. The van der Waals surface area contributed by atoms with Crippen LogP contribution in [0.1, 0.15) is 19.8 Å². The fraction of sp³-hybridized carbons (Fsp3) is 0.600. The molecule has 118 valence electrons. The zero-order valence-corrected chi connectivity index (χ0v) is 13.8. The molecular weight excluding hydrogens is 286 g/mol. The molecule has 1 fully saturated rings. The summed E-state index contributed by atoms with van der Waals surface area (Å²) in [6.45, 7) is 5.09. The van der Waals surface area contributed by atoms with E-state index in [1.807, 2.05) is 12.1 Å². The van der Waals surface area contributed by atoms with Gasteiger partial charge in [-0.2, -0.15) is 0 Å². The molecule has 1 aliphatic heterocycles. The van der Waals surface area contributed by atoms with E-state index >= 15 is 0 Å². The van der Waals surface area contributed by atoms with Gasteiger partial charge in [-0.1, -0.05) is 19.1 Å². The fourth-order valence-corrected chi connectivity index (χ4v) is 3.61. The lowest BCUT2D eigenvalue weighted by atomic mass is 9.81. The van der Waals surface area contributed by atoms with Gasteiger partial charge in [0.25, 0.3) is 0 Å². The Labute approximate surface area is 127 Å². The Bertz CT molecular complexity index is 578. The fourth-order valence-electron chi connectivity index (χ4n) is 2.55. The Morgan fingerprint density at radius 1 is 1.24 bits per heavy atom. The average molecular weight is 311 g/mol. The van der Waals surface area contributed by atoms with Gasteiger partial charge >= 0.3 is 0 Å². The van der Waals surface area contributed by atoms with Crippen molar-refractivity contribution in [3.05, 3.63) is 24.3 Å². The van der Waals surface area contributed by atoms with E-state index in [9.17, 15) is 8.42 Å². The van der Waals surface area contributed by atoms with E-state index in [-0.39, 0.29) is 5.41 Å². The number of anilines is 1. The van der Waals surface area contributed by atoms with Crippen molar-refractivity contribution in [2.45, 2.75) is 24.7 Å². The molecule has 0 aromatic heterocycles.